The molecule has 0 atom stereocenters. The van der Waals surface area contributed by atoms with Crippen molar-refractivity contribution in [1.82, 2.24) is 10.3 Å². The standard InChI is InChI=1S/C21H21N3O2S2/c1-15-7-9-17(10-8-15)23-20(26)14-28-21-24-18(13-27-21)11-19(25)22-12-16-5-3-2-4-6-16/h2-10,13H,11-12,14H2,1H3,(H,22,25)(H,23,26). The summed E-state index contributed by atoms with van der Waals surface area (Å²) in [5, 5.41) is 7.62. The lowest BCUT2D eigenvalue weighted by Gasteiger charge is -2.04. The van der Waals surface area contributed by atoms with Crippen molar-refractivity contribution in [2.45, 2.75) is 24.2 Å². The molecule has 5 nitrogen and oxygen atoms in total. The van der Waals surface area contributed by atoms with E-state index in [2.05, 4.69) is 15.6 Å². The van der Waals surface area contributed by atoms with E-state index in [4.69, 9.17) is 0 Å². The molecule has 28 heavy (non-hydrogen) atoms. The third kappa shape index (κ3) is 6.51. The normalized spacial score (nSPS) is 10.5. The number of aryl methyl sites for hydroxylation is 1. The van der Waals surface area contributed by atoms with Crippen LogP contribution in [0, 0.1) is 6.92 Å². The largest absolute Gasteiger partial charge is 0.352 e. The first-order chi connectivity index (χ1) is 13.6. The fourth-order valence-electron chi connectivity index (χ4n) is 2.42. The summed E-state index contributed by atoms with van der Waals surface area (Å²) in [6, 6.07) is 17.5. The van der Waals surface area contributed by atoms with Gasteiger partial charge in [-0.05, 0) is 24.6 Å². The van der Waals surface area contributed by atoms with E-state index in [0.717, 1.165) is 26.8 Å². The molecule has 0 spiro atoms. The highest BCUT2D eigenvalue weighted by Crippen LogP contribution is 2.23. The zero-order valence-electron chi connectivity index (χ0n) is 15.5. The molecular formula is C21H21N3O2S2. The van der Waals surface area contributed by atoms with E-state index >= 15 is 0 Å². The average Bonchev–Trinajstić information content (AvgIpc) is 3.15. The first-order valence-corrected chi connectivity index (χ1v) is 10.7. The molecule has 144 valence electrons. The Morgan fingerprint density at radius 3 is 2.54 bits per heavy atom. The Labute approximate surface area is 172 Å². The fraction of sp³-hybridized carbons (Fsp3) is 0.190. The highest BCUT2D eigenvalue weighted by Gasteiger charge is 2.10. The minimum atomic E-state index is -0.0776. The van der Waals surface area contributed by atoms with Gasteiger partial charge in [0.15, 0.2) is 4.34 Å². The molecule has 2 amide bonds. The van der Waals surface area contributed by atoms with Gasteiger partial charge in [0.25, 0.3) is 0 Å². The summed E-state index contributed by atoms with van der Waals surface area (Å²) in [5.74, 6) is 0.134. The van der Waals surface area contributed by atoms with Crippen molar-refractivity contribution in [2.24, 2.45) is 0 Å². The van der Waals surface area contributed by atoms with E-state index < -0.39 is 0 Å². The first kappa shape index (κ1) is 20.1. The number of nitrogens with zero attached hydrogens (tertiary/aromatic N) is 1. The maximum Gasteiger partial charge on any atom is 0.234 e. The van der Waals surface area contributed by atoms with Crippen LogP contribution in [0.2, 0.25) is 0 Å². The molecule has 3 rings (SSSR count). The van der Waals surface area contributed by atoms with Crippen LogP contribution in [0.4, 0.5) is 5.69 Å². The number of thiazole rings is 1. The Bertz CT molecular complexity index is 924. The molecule has 0 aliphatic carbocycles. The molecule has 2 N–H and O–H groups in total. The van der Waals surface area contributed by atoms with Gasteiger partial charge in [0.1, 0.15) is 0 Å². The molecular weight excluding hydrogens is 390 g/mol. The van der Waals surface area contributed by atoms with Crippen LogP contribution >= 0.6 is 23.1 Å². The van der Waals surface area contributed by atoms with Gasteiger partial charge in [0.2, 0.25) is 11.8 Å². The number of benzene rings is 2. The summed E-state index contributed by atoms with van der Waals surface area (Å²) in [6.07, 6.45) is 0.236. The average molecular weight is 412 g/mol. The molecule has 0 radical (unpaired) electrons. The predicted octanol–water partition coefficient (Wildman–Crippen LogP) is 4.04. The molecule has 3 aromatic rings. The van der Waals surface area contributed by atoms with E-state index in [1.807, 2.05) is 66.9 Å². The van der Waals surface area contributed by atoms with Gasteiger partial charge in [-0.2, -0.15) is 0 Å². The van der Waals surface area contributed by atoms with E-state index in [0.29, 0.717) is 6.54 Å². The lowest BCUT2D eigenvalue weighted by Crippen LogP contribution is -2.24. The van der Waals surface area contributed by atoms with Crippen molar-refractivity contribution in [3.63, 3.8) is 0 Å². The van der Waals surface area contributed by atoms with Crippen molar-refractivity contribution in [3.05, 3.63) is 76.8 Å². The van der Waals surface area contributed by atoms with Crippen molar-refractivity contribution >= 4 is 40.6 Å². The molecule has 0 saturated carbocycles. The summed E-state index contributed by atoms with van der Waals surface area (Å²) in [6.45, 7) is 2.51. The number of nitrogens with one attached hydrogen (secondary N) is 2. The molecule has 0 bridgehead atoms. The molecule has 0 unspecified atom stereocenters. The molecule has 0 aliphatic heterocycles. The Balaban J connectivity index is 1.41. The third-order valence-electron chi connectivity index (χ3n) is 3.87. The fourth-order valence-corrected chi connectivity index (χ4v) is 4.07. The number of anilines is 1. The quantitative estimate of drug-likeness (QED) is 0.549. The molecule has 0 aliphatic rings. The monoisotopic (exact) mass is 411 g/mol. The number of thioether (sulfide) groups is 1. The second-order valence-electron chi connectivity index (χ2n) is 6.25. The second-order valence-corrected chi connectivity index (χ2v) is 8.33. The van der Waals surface area contributed by atoms with Crippen LogP contribution in [0.3, 0.4) is 0 Å². The second kappa shape index (κ2) is 10.1. The lowest BCUT2D eigenvalue weighted by atomic mass is 10.2. The number of carbonyl (C=O) groups is 2. The summed E-state index contributed by atoms with van der Waals surface area (Å²) in [5.41, 5.74) is 3.71. The predicted molar refractivity (Wildman–Crippen MR) is 115 cm³/mol. The molecule has 1 aromatic heterocycles. The van der Waals surface area contributed by atoms with Crippen molar-refractivity contribution in [3.8, 4) is 0 Å². The smallest absolute Gasteiger partial charge is 0.234 e. The highest BCUT2D eigenvalue weighted by atomic mass is 32.2. The van der Waals surface area contributed by atoms with Gasteiger partial charge in [-0.1, -0.05) is 59.8 Å². The molecule has 2 aromatic carbocycles. The number of carbonyl (C=O) groups excluding carboxylic acids is 2. The van der Waals surface area contributed by atoms with Gasteiger partial charge in [-0.25, -0.2) is 4.98 Å². The van der Waals surface area contributed by atoms with Crippen LogP contribution < -0.4 is 10.6 Å². The SMILES string of the molecule is Cc1ccc(NC(=O)CSc2nc(CC(=O)NCc3ccccc3)cs2)cc1. The number of amides is 2. The van der Waals surface area contributed by atoms with E-state index in [1.54, 1.807) is 0 Å². The van der Waals surface area contributed by atoms with E-state index in [-0.39, 0.29) is 24.0 Å². The minimum absolute atomic E-state index is 0.0668. The molecule has 0 saturated heterocycles. The van der Waals surface area contributed by atoms with Gasteiger partial charge < -0.3 is 10.6 Å². The van der Waals surface area contributed by atoms with Crippen LogP contribution in [0.15, 0.2) is 64.3 Å². The van der Waals surface area contributed by atoms with Crippen molar-refractivity contribution < 1.29 is 9.59 Å². The maximum absolute atomic E-state index is 12.1. The maximum atomic E-state index is 12.1. The Kier molecular flexibility index (Phi) is 7.22. The van der Waals surface area contributed by atoms with Crippen LogP contribution in [0.1, 0.15) is 16.8 Å². The lowest BCUT2D eigenvalue weighted by molar-refractivity contribution is -0.120. The van der Waals surface area contributed by atoms with Gasteiger partial charge in [-0.15, -0.1) is 11.3 Å². The molecule has 1 heterocycles. The number of aromatic nitrogens is 1. The van der Waals surface area contributed by atoms with E-state index in [1.165, 1.54) is 23.1 Å². The van der Waals surface area contributed by atoms with Crippen LogP contribution in [-0.2, 0) is 22.6 Å². The molecule has 7 heteroatoms. The Hall–Kier alpha value is -2.64. The summed E-state index contributed by atoms with van der Waals surface area (Å²) in [4.78, 5) is 28.6. The van der Waals surface area contributed by atoms with Crippen LogP contribution in [0.25, 0.3) is 0 Å². The summed E-state index contributed by atoms with van der Waals surface area (Å²) < 4.78 is 0.782. The van der Waals surface area contributed by atoms with Gasteiger partial charge in [-0.3, -0.25) is 9.59 Å². The topological polar surface area (TPSA) is 71.1 Å². The van der Waals surface area contributed by atoms with E-state index in [9.17, 15) is 9.59 Å². The zero-order chi connectivity index (χ0) is 19.8. The van der Waals surface area contributed by atoms with Gasteiger partial charge in [0.05, 0.1) is 17.9 Å². The first-order valence-electron chi connectivity index (χ1n) is 8.83. The molecule has 0 fully saturated rings. The van der Waals surface area contributed by atoms with Gasteiger partial charge in [0, 0.05) is 17.6 Å². The number of hydrogen-bond donors (Lipinski definition) is 2. The zero-order valence-corrected chi connectivity index (χ0v) is 17.1. The Morgan fingerprint density at radius 1 is 1.04 bits per heavy atom. The van der Waals surface area contributed by atoms with Crippen LogP contribution in [0.5, 0.6) is 0 Å². The van der Waals surface area contributed by atoms with Gasteiger partial charge >= 0.3 is 0 Å². The summed E-state index contributed by atoms with van der Waals surface area (Å²) >= 11 is 2.82. The summed E-state index contributed by atoms with van der Waals surface area (Å²) in [7, 11) is 0. The van der Waals surface area contributed by atoms with Crippen LogP contribution in [-0.4, -0.2) is 22.6 Å². The highest BCUT2D eigenvalue weighted by molar-refractivity contribution is 8.01. The number of rotatable bonds is 8. The number of hydrogen-bond acceptors (Lipinski definition) is 5. The third-order valence-corrected chi connectivity index (χ3v) is 5.94. The Morgan fingerprint density at radius 2 is 1.79 bits per heavy atom. The van der Waals surface area contributed by atoms with Crippen molar-refractivity contribution in [1.29, 1.82) is 0 Å². The van der Waals surface area contributed by atoms with Crippen molar-refractivity contribution in [2.75, 3.05) is 11.1 Å². The minimum Gasteiger partial charge on any atom is -0.352 e.